The fourth-order valence-electron chi connectivity index (χ4n) is 11.0. The van der Waals surface area contributed by atoms with Crippen molar-refractivity contribution in [2.45, 2.75) is 111 Å². The Hall–Kier alpha value is -7.22. The Balaban J connectivity index is 1.18. The number of carbonyl (C=O) groups is 3. The highest BCUT2D eigenvalue weighted by molar-refractivity contribution is 6.23. The minimum absolute atomic E-state index is 0.00816. The van der Waals surface area contributed by atoms with Crippen LogP contribution in [0.5, 0.6) is 17.2 Å². The number of amides is 1. The van der Waals surface area contributed by atoms with Crippen molar-refractivity contribution >= 4 is 62.7 Å². The van der Waals surface area contributed by atoms with Crippen molar-refractivity contribution in [1.29, 1.82) is 0 Å². The van der Waals surface area contributed by atoms with Gasteiger partial charge in [-0.05, 0) is 62.9 Å². The molecule has 0 spiro atoms. The number of phenolic OH excluding ortho intramolecular Hbond substituents is 3. The number of hydrazone groups is 1. The average Bonchev–Trinajstić information content (AvgIpc) is 4.20. The van der Waals surface area contributed by atoms with Crippen LogP contribution in [0.3, 0.4) is 0 Å². The second-order valence-electron chi connectivity index (χ2n) is 21.1. The number of methoxy groups -OCH3 is 1. The molecule has 9 rings (SSSR count). The number of hydrogen-bond donors (Lipinski definition) is 7. The molecule has 4 aromatic rings. The van der Waals surface area contributed by atoms with Crippen LogP contribution in [0.4, 0.5) is 15.8 Å². The molecule has 1 saturated heterocycles. The minimum atomic E-state index is -1.63. The van der Waals surface area contributed by atoms with Crippen molar-refractivity contribution < 1.29 is 63.6 Å². The van der Waals surface area contributed by atoms with E-state index in [0.717, 1.165) is 12.8 Å². The van der Waals surface area contributed by atoms with Gasteiger partial charge in [0.2, 0.25) is 5.78 Å². The number of fused-ring (bicyclic) bond motifs is 15. The number of aromatic hydroxyl groups is 3. The van der Waals surface area contributed by atoms with E-state index < -0.39 is 106 Å². The molecule has 5 bridgehead atoms. The molecular weight excluding hydrogens is 982 g/mol. The number of aliphatic hydroxyl groups is 3. The zero-order valence-electron chi connectivity index (χ0n) is 44.3. The van der Waals surface area contributed by atoms with Crippen molar-refractivity contribution in [1.82, 2.24) is 9.58 Å². The van der Waals surface area contributed by atoms with E-state index in [1.165, 1.54) is 45.6 Å². The van der Waals surface area contributed by atoms with Gasteiger partial charge in [-0.3, -0.25) is 24.2 Å². The number of aromatic nitrogens is 1. The number of halogens is 1. The van der Waals surface area contributed by atoms with Gasteiger partial charge in [0, 0.05) is 91.4 Å². The summed E-state index contributed by atoms with van der Waals surface area (Å²) in [4.78, 5) is 56.5. The lowest BCUT2D eigenvalue weighted by molar-refractivity contribution is -0.160. The number of hydrogen-bond acceptors (Lipinski definition) is 16. The number of pyridine rings is 1. The summed E-state index contributed by atoms with van der Waals surface area (Å²) < 4.78 is 35.7. The molecule has 2 aliphatic carbocycles. The lowest BCUT2D eigenvalue weighted by atomic mass is 9.78. The Morgan fingerprint density at radius 1 is 0.947 bits per heavy atom. The maximum atomic E-state index is 16.0. The first-order chi connectivity index (χ1) is 35.9. The number of phenols is 3. The van der Waals surface area contributed by atoms with Gasteiger partial charge in [-0.1, -0.05) is 52.5 Å². The van der Waals surface area contributed by atoms with Crippen LogP contribution in [0.15, 0.2) is 70.9 Å². The van der Waals surface area contributed by atoms with Gasteiger partial charge in [0.1, 0.15) is 29.2 Å². The van der Waals surface area contributed by atoms with Crippen molar-refractivity contribution in [3.8, 4) is 17.2 Å². The van der Waals surface area contributed by atoms with Crippen LogP contribution < -0.4 is 15.6 Å². The first kappa shape index (κ1) is 55.0. The molecular formula is C57H68FN5O13. The van der Waals surface area contributed by atoms with Crippen LogP contribution >= 0.6 is 0 Å². The molecule has 3 aliphatic heterocycles. The zero-order valence-corrected chi connectivity index (χ0v) is 44.3. The molecule has 7 N–H and O–H groups in total. The summed E-state index contributed by atoms with van der Waals surface area (Å²) in [5, 5.41) is 78.4. The van der Waals surface area contributed by atoms with E-state index in [1.807, 2.05) is 9.47 Å². The molecule has 3 aromatic carbocycles. The number of nitrogens with one attached hydrogen (secondary N) is 1. The maximum Gasteiger partial charge on any atom is 0.302 e. The number of piperazine rings is 1. The fraction of sp³-hybridized carbons (Fsp3) is 0.456. The number of benzene rings is 3. The molecule has 5 aliphatic rings. The smallest absolute Gasteiger partial charge is 0.302 e. The van der Waals surface area contributed by atoms with Crippen molar-refractivity contribution in [2.24, 2.45) is 28.8 Å². The number of rotatable bonds is 7. The van der Waals surface area contributed by atoms with Crippen LogP contribution in [-0.2, 0) is 30.2 Å². The third-order valence-electron chi connectivity index (χ3n) is 15.8. The lowest BCUT2D eigenvalue weighted by Crippen LogP contribution is -2.46. The Morgan fingerprint density at radius 3 is 2.26 bits per heavy atom. The topological polar surface area (TPSA) is 253 Å². The fourth-order valence-corrected chi connectivity index (χ4v) is 11.0. The summed E-state index contributed by atoms with van der Waals surface area (Å²) in [6.07, 6.45) is 8.03. The number of aliphatic hydroxyl groups excluding tert-OH is 3. The lowest BCUT2D eigenvalue weighted by Gasteiger charge is -2.38. The van der Waals surface area contributed by atoms with Crippen LogP contribution in [0.2, 0.25) is 0 Å². The van der Waals surface area contributed by atoms with E-state index in [2.05, 4.69) is 17.0 Å². The molecule has 2 fully saturated rings. The molecule has 0 unspecified atom stereocenters. The van der Waals surface area contributed by atoms with Gasteiger partial charge in [-0.15, -0.1) is 0 Å². The van der Waals surface area contributed by atoms with Gasteiger partial charge >= 0.3 is 5.97 Å². The summed E-state index contributed by atoms with van der Waals surface area (Å²) in [5.74, 6) is -7.23. The number of Topliss-reactive ketones (excluding diaryl/α,β-unsaturated/α-hetero) is 1. The molecule has 76 heavy (non-hydrogen) atoms. The molecule has 18 nitrogen and oxygen atoms in total. The average molecular weight is 1050 g/mol. The van der Waals surface area contributed by atoms with Crippen molar-refractivity contribution in [3.05, 3.63) is 105 Å². The second kappa shape index (κ2) is 21.4. The number of esters is 1. The summed E-state index contributed by atoms with van der Waals surface area (Å²) in [5.41, 5.74) is -1.24. The van der Waals surface area contributed by atoms with Crippen LogP contribution in [0.25, 0.3) is 27.4 Å². The number of allylic oxidation sites excluding steroid dienone is 2. The van der Waals surface area contributed by atoms with E-state index in [0.29, 0.717) is 11.1 Å². The molecule has 1 saturated carbocycles. The van der Waals surface area contributed by atoms with Crippen LogP contribution in [-0.4, -0.2) is 127 Å². The third kappa shape index (κ3) is 10.1. The number of nitrogens with zero attached hydrogens (tertiary/aromatic N) is 4. The summed E-state index contributed by atoms with van der Waals surface area (Å²) in [7, 11) is 1.45. The third-order valence-corrected chi connectivity index (χ3v) is 15.8. The predicted octanol–water partition coefficient (Wildman–Crippen LogP) is 7.43. The van der Waals surface area contributed by atoms with Gasteiger partial charge in [0.25, 0.3) is 5.91 Å². The minimum Gasteiger partial charge on any atom is -0.508 e. The van der Waals surface area contributed by atoms with Gasteiger partial charge < -0.3 is 59.6 Å². The van der Waals surface area contributed by atoms with E-state index in [9.17, 15) is 49.8 Å². The quantitative estimate of drug-likeness (QED) is 0.0312. The highest BCUT2D eigenvalue weighted by Crippen LogP contribution is 2.53. The molecule has 1 aromatic heterocycles. The van der Waals surface area contributed by atoms with Crippen molar-refractivity contribution in [3.63, 3.8) is 0 Å². The molecule has 4 heterocycles. The SMILES string of the molecule is C=C(O)c1cn(C2CC2)c2cc(N3CCN(/N=C\c4c5c(O)c6c(O)c(C)c7c(c6c4O)C(=O)[C@](C)(C7)O/C=C/[C@H](OC)[C@@H](C)[C@@H](OC(C)=O)[C@H](C)[C@H](O)[C@H](C)[C@@H](O)[C@@H](C)/C=C/C=C(/C)C(=O)N5)CC3)c(F)cc2c1=O. The van der Waals surface area contributed by atoms with Gasteiger partial charge in [0.05, 0.1) is 77.3 Å². The molecule has 406 valence electrons. The Labute approximate surface area is 439 Å². The largest absolute Gasteiger partial charge is 0.508 e. The number of anilines is 2. The van der Waals surface area contributed by atoms with E-state index >= 15 is 4.39 Å². The summed E-state index contributed by atoms with van der Waals surface area (Å²) >= 11 is 0. The summed E-state index contributed by atoms with van der Waals surface area (Å²) in [6.45, 7) is 17.3. The molecule has 1 amide bonds. The standard InChI is InChI=1S/C57H68FN5O13/c1-27-12-11-13-28(2)56(73)60-47-38(25-59-62-19-17-61(18-20-62)42-23-41-36(22-40(42)58)51(69)39(33(7)64)26-63(41)35-14-15-35)52(70)45-44-37(29(3)50(68)46(45)53(47)71)24-57(9,55(44)72)75-21-16-43(74-10)30(4)54(76-34(8)65)32(6)49(67)31(5)48(27)66/h11-13,16,21-23,25-27,30-32,35,43,48-49,54,64,66-68,70-71H,7,14-15,17-20,24H2,1-6,8-10H3,(H,60,73)/b12-11+,21-16+,28-13-,59-25-/t27-,30+,31+,32+,43-,48-,49+,54+,57-/m0/s1. The molecule has 9 atom stereocenters. The zero-order chi connectivity index (χ0) is 55.4. The highest BCUT2D eigenvalue weighted by atomic mass is 19.1. The number of ether oxygens (including phenoxy) is 3. The number of carbonyl (C=O) groups excluding carboxylic acids is 3. The van der Waals surface area contributed by atoms with Gasteiger partial charge in [-0.25, -0.2) is 4.39 Å². The molecule has 19 heteroatoms. The van der Waals surface area contributed by atoms with E-state index in [1.54, 1.807) is 77.0 Å². The Kier molecular flexibility index (Phi) is 15.5. The van der Waals surface area contributed by atoms with Crippen LogP contribution in [0, 0.1) is 36.4 Å². The Bertz CT molecular complexity index is 3210. The van der Waals surface area contributed by atoms with Crippen LogP contribution in [0.1, 0.15) is 100.0 Å². The van der Waals surface area contributed by atoms with Gasteiger partial charge in [-0.2, -0.15) is 5.10 Å². The highest BCUT2D eigenvalue weighted by Gasteiger charge is 2.47. The first-order valence-electron chi connectivity index (χ1n) is 25.6. The van der Waals surface area contributed by atoms with E-state index in [-0.39, 0.29) is 94.0 Å². The first-order valence-corrected chi connectivity index (χ1v) is 25.6. The number of ketones is 1. The monoisotopic (exact) mass is 1050 g/mol. The molecule has 0 radical (unpaired) electrons. The Morgan fingerprint density at radius 2 is 1.63 bits per heavy atom. The van der Waals surface area contributed by atoms with Gasteiger partial charge in [0.15, 0.2) is 16.8 Å². The maximum absolute atomic E-state index is 16.0. The van der Waals surface area contributed by atoms with E-state index in [4.69, 9.17) is 14.2 Å². The predicted molar refractivity (Wildman–Crippen MR) is 286 cm³/mol. The summed E-state index contributed by atoms with van der Waals surface area (Å²) in [6, 6.07) is 2.92. The normalized spacial score (nSPS) is 28.4. The van der Waals surface area contributed by atoms with Crippen molar-refractivity contribution in [2.75, 3.05) is 43.5 Å². The second-order valence-corrected chi connectivity index (χ2v) is 21.1.